The van der Waals surface area contributed by atoms with Crippen molar-refractivity contribution in [2.45, 2.75) is 56.9 Å². The van der Waals surface area contributed by atoms with Crippen LogP contribution in [0.5, 0.6) is 0 Å². The zero-order chi connectivity index (χ0) is 24.5. The Hall–Kier alpha value is -2.64. The first-order valence-corrected chi connectivity index (χ1v) is 13.0. The number of esters is 1. The first-order valence-electron chi connectivity index (χ1n) is 12.0. The molecule has 6 heteroatoms. The van der Waals surface area contributed by atoms with E-state index in [9.17, 15) is 4.79 Å². The van der Waals surface area contributed by atoms with Gasteiger partial charge in [-0.2, -0.15) is 0 Å². The fourth-order valence-corrected chi connectivity index (χ4v) is 5.12. The van der Waals surface area contributed by atoms with Gasteiger partial charge in [-0.3, -0.25) is 0 Å². The van der Waals surface area contributed by atoms with E-state index in [2.05, 4.69) is 6.92 Å². The standard InChI is InChI=1S/C29H32O5S/c1-3-35-29-27(32-20-23-15-9-5-10-16-23)26(34-28(30)24-17-11-6-12-18-24)25(21(2)33-29)31-19-22-13-7-4-8-14-22/h4-18,21,25-27,29H,3,19-20H2,1-2H3/t21-,25-,26+,27+,29-/m0/s1. The minimum Gasteiger partial charge on any atom is -0.453 e. The normalized spacial score (nSPS) is 24.1. The molecule has 0 spiro atoms. The summed E-state index contributed by atoms with van der Waals surface area (Å²) < 4.78 is 25.3. The van der Waals surface area contributed by atoms with E-state index in [1.54, 1.807) is 23.9 Å². The largest absolute Gasteiger partial charge is 0.453 e. The molecule has 0 saturated carbocycles. The van der Waals surface area contributed by atoms with Gasteiger partial charge >= 0.3 is 5.97 Å². The number of benzene rings is 3. The van der Waals surface area contributed by atoms with E-state index in [0.717, 1.165) is 16.9 Å². The minimum atomic E-state index is -0.636. The van der Waals surface area contributed by atoms with E-state index in [0.29, 0.717) is 18.8 Å². The molecule has 0 unspecified atom stereocenters. The third kappa shape index (κ3) is 6.95. The quantitative estimate of drug-likeness (QED) is 0.330. The predicted octanol–water partition coefficient (Wildman–Crippen LogP) is 5.88. The van der Waals surface area contributed by atoms with Gasteiger partial charge in [0.15, 0.2) is 6.10 Å². The summed E-state index contributed by atoms with van der Waals surface area (Å²) in [5.41, 5.74) is 2.29. The van der Waals surface area contributed by atoms with Gasteiger partial charge in [0.05, 0.1) is 24.9 Å². The van der Waals surface area contributed by atoms with Crippen LogP contribution in [0.25, 0.3) is 0 Å². The molecular weight excluding hydrogens is 460 g/mol. The lowest BCUT2D eigenvalue weighted by Crippen LogP contribution is -2.59. The lowest BCUT2D eigenvalue weighted by molar-refractivity contribution is -0.226. The van der Waals surface area contributed by atoms with E-state index < -0.39 is 24.3 Å². The third-order valence-electron chi connectivity index (χ3n) is 5.88. The topological polar surface area (TPSA) is 54.0 Å². The number of carbonyl (C=O) groups is 1. The Morgan fingerprint density at radius 3 is 1.83 bits per heavy atom. The number of rotatable bonds is 10. The van der Waals surface area contributed by atoms with Crippen LogP contribution in [0.15, 0.2) is 91.0 Å². The summed E-state index contributed by atoms with van der Waals surface area (Å²) in [5, 5.41) is 0. The maximum absolute atomic E-state index is 13.1. The van der Waals surface area contributed by atoms with Crippen LogP contribution in [0.1, 0.15) is 35.3 Å². The highest BCUT2D eigenvalue weighted by Crippen LogP contribution is 2.35. The zero-order valence-corrected chi connectivity index (χ0v) is 20.9. The van der Waals surface area contributed by atoms with Crippen molar-refractivity contribution in [1.29, 1.82) is 0 Å². The van der Waals surface area contributed by atoms with Crippen LogP contribution in [0, 0.1) is 0 Å². The van der Waals surface area contributed by atoms with Crippen LogP contribution in [0.3, 0.4) is 0 Å². The molecule has 1 aliphatic heterocycles. The van der Waals surface area contributed by atoms with Gasteiger partial charge < -0.3 is 18.9 Å². The van der Waals surface area contributed by atoms with Gasteiger partial charge in [-0.15, -0.1) is 11.8 Å². The highest BCUT2D eigenvalue weighted by Gasteiger charge is 2.48. The number of thioether (sulfide) groups is 1. The summed E-state index contributed by atoms with van der Waals surface area (Å²) in [5.74, 6) is 0.448. The van der Waals surface area contributed by atoms with Crippen molar-refractivity contribution in [3.8, 4) is 0 Å². The number of ether oxygens (including phenoxy) is 4. The Morgan fingerprint density at radius 1 is 0.771 bits per heavy atom. The number of hydrogen-bond donors (Lipinski definition) is 0. The molecule has 1 fully saturated rings. The SMILES string of the molecule is CCS[C@@H]1O[C@@H](C)[C@H](OCc2ccccc2)[C@@H](OC(=O)c2ccccc2)[C@H]1OCc1ccccc1. The zero-order valence-electron chi connectivity index (χ0n) is 20.1. The fourth-order valence-electron chi connectivity index (χ4n) is 4.11. The average molecular weight is 493 g/mol. The summed E-state index contributed by atoms with van der Waals surface area (Å²) >= 11 is 1.65. The summed E-state index contributed by atoms with van der Waals surface area (Å²) in [6.45, 7) is 4.82. The molecule has 1 saturated heterocycles. The second-order valence-corrected chi connectivity index (χ2v) is 9.80. The Kier molecular flexibility index (Phi) is 9.37. The molecule has 0 aromatic heterocycles. The van der Waals surface area contributed by atoms with E-state index in [1.165, 1.54) is 0 Å². The Morgan fingerprint density at radius 2 is 1.29 bits per heavy atom. The third-order valence-corrected chi connectivity index (χ3v) is 6.92. The van der Waals surface area contributed by atoms with Gasteiger partial charge in [-0.1, -0.05) is 85.8 Å². The van der Waals surface area contributed by atoms with Crippen molar-refractivity contribution in [3.63, 3.8) is 0 Å². The van der Waals surface area contributed by atoms with Crippen molar-refractivity contribution in [1.82, 2.24) is 0 Å². The Bertz CT molecular complexity index is 1030. The molecule has 5 nitrogen and oxygen atoms in total. The first-order chi connectivity index (χ1) is 17.2. The number of carbonyl (C=O) groups excluding carboxylic acids is 1. The van der Waals surface area contributed by atoms with Gasteiger partial charge in [0, 0.05) is 0 Å². The average Bonchev–Trinajstić information content (AvgIpc) is 2.90. The number of hydrogen-bond acceptors (Lipinski definition) is 6. The van der Waals surface area contributed by atoms with Crippen molar-refractivity contribution in [2.24, 2.45) is 0 Å². The monoisotopic (exact) mass is 492 g/mol. The van der Waals surface area contributed by atoms with E-state index in [4.69, 9.17) is 18.9 Å². The second kappa shape index (κ2) is 12.9. The van der Waals surface area contributed by atoms with Crippen molar-refractivity contribution in [2.75, 3.05) is 5.75 Å². The molecule has 35 heavy (non-hydrogen) atoms. The summed E-state index contributed by atoms with van der Waals surface area (Å²) in [4.78, 5) is 13.1. The molecule has 3 aromatic rings. The molecule has 5 atom stereocenters. The van der Waals surface area contributed by atoms with Gasteiger partial charge in [0.1, 0.15) is 17.6 Å². The van der Waals surface area contributed by atoms with E-state index in [1.807, 2.05) is 85.8 Å². The smallest absolute Gasteiger partial charge is 0.338 e. The molecule has 0 N–H and O–H groups in total. The van der Waals surface area contributed by atoms with Crippen LogP contribution >= 0.6 is 11.8 Å². The highest BCUT2D eigenvalue weighted by atomic mass is 32.2. The summed E-state index contributed by atoms with van der Waals surface area (Å²) in [7, 11) is 0. The molecule has 184 valence electrons. The van der Waals surface area contributed by atoms with Gasteiger partial charge in [-0.25, -0.2) is 4.79 Å². The molecule has 0 radical (unpaired) electrons. The molecule has 0 bridgehead atoms. The lowest BCUT2D eigenvalue weighted by atomic mass is 9.99. The molecule has 1 aliphatic rings. The molecule has 0 aliphatic carbocycles. The van der Waals surface area contributed by atoms with Crippen LogP contribution in [-0.4, -0.2) is 41.6 Å². The predicted molar refractivity (Wildman–Crippen MR) is 138 cm³/mol. The van der Waals surface area contributed by atoms with Crippen molar-refractivity contribution < 1.29 is 23.7 Å². The van der Waals surface area contributed by atoms with Gasteiger partial charge in [-0.05, 0) is 35.9 Å². The molecule has 1 heterocycles. The van der Waals surface area contributed by atoms with Gasteiger partial charge in [0.25, 0.3) is 0 Å². The maximum Gasteiger partial charge on any atom is 0.338 e. The van der Waals surface area contributed by atoms with E-state index >= 15 is 0 Å². The Balaban J connectivity index is 1.59. The lowest BCUT2D eigenvalue weighted by Gasteiger charge is -2.44. The van der Waals surface area contributed by atoms with Gasteiger partial charge in [0.2, 0.25) is 0 Å². The minimum absolute atomic E-state index is 0.284. The maximum atomic E-state index is 13.1. The fraction of sp³-hybridized carbons (Fsp3) is 0.345. The Labute approximate surface area is 211 Å². The van der Waals surface area contributed by atoms with Crippen molar-refractivity contribution >= 4 is 17.7 Å². The second-order valence-electron chi connectivity index (χ2n) is 8.42. The van der Waals surface area contributed by atoms with E-state index in [-0.39, 0.29) is 11.5 Å². The molecular formula is C29H32O5S. The first kappa shape index (κ1) is 25.5. The van der Waals surface area contributed by atoms with Crippen LogP contribution in [0.4, 0.5) is 0 Å². The highest BCUT2D eigenvalue weighted by molar-refractivity contribution is 7.99. The van der Waals surface area contributed by atoms with Crippen molar-refractivity contribution in [3.05, 3.63) is 108 Å². The van der Waals surface area contributed by atoms with Crippen LogP contribution in [0.2, 0.25) is 0 Å². The molecule has 4 rings (SSSR count). The summed E-state index contributed by atoms with van der Waals surface area (Å²) in [6.07, 6.45) is -1.90. The van der Waals surface area contributed by atoms with Crippen LogP contribution in [-0.2, 0) is 32.2 Å². The molecule has 3 aromatic carbocycles. The molecule has 0 amide bonds. The summed E-state index contributed by atoms with van der Waals surface area (Å²) in [6, 6.07) is 29.0. The van der Waals surface area contributed by atoms with Crippen LogP contribution < -0.4 is 0 Å².